The Balaban J connectivity index is 0.000000183. The van der Waals surface area contributed by atoms with E-state index in [1.54, 1.807) is 6.92 Å². The molecule has 3 fully saturated rings. The highest BCUT2D eigenvalue weighted by molar-refractivity contribution is 5.80. The molecule has 0 spiro atoms. The molecule has 0 radical (unpaired) electrons. The summed E-state index contributed by atoms with van der Waals surface area (Å²) >= 11 is 0. The molecular weight excluding hydrogens is 681 g/mol. The van der Waals surface area contributed by atoms with Crippen molar-refractivity contribution in [3.63, 3.8) is 0 Å². The maximum absolute atomic E-state index is 11.3. The van der Waals surface area contributed by atoms with Gasteiger partial charge >= 0.3 is 0 Å². The minimum atomic E-state index is -0.179. The summed E-state index contributed by atoms with van der Waals surface area (Å²) in [7, 11) is 0. The van der Waals surface area contributed by atoms with E-state index in [-0.39, 0.29) is 30.6 Å². The molecule has 1 aromatic heterocycles. The van der Waals surface area contributed by atoms with E-state index in [1.165, 1.54) is 27.9 Å². The summed E-state index contributed by atoms with van der Waals surface area (Å²) in [6.45, 7) is 21.3. The number of aromatic nitrogens is 2. The molecule has 0 amide bonds. The Hall–Kier alpha value is -3.99. The van der Waals surface area contributed by atoms with Gasteiger partial charge in [0.25, 0.3) is 0 Å². The third-order valence-corrected chi connectivity index (χ3v) is 10.1. The van der Waals surface area contributed by atoms with Crippen molar-refractivity contribution in [2.75, 3.05) is 13.6 Å². The van der Waals surface area contributed by atoms with Crippen molar-refractivity contribution in [3.8, 4) is 0 Å². The van der Waals surface area contributed by atoms with Gasteiger partial charge in [0.05, 0.1) is 6.10 Å². The fourth-order valence-corrected chi connectivity index (χ4v) is 5.98. The van der Waals surface area contributed by atoms with E-state index >= 15 is 0 Å². The molecule has 4 heterocycles. The molecule has 0 aliphatic carbocycles. The average molecular weight is 743 g/mol. The molecule has 0 saturated carbocycles. The van der Waals surface area contributed by atoms with Crippen molar-refractivity contribution in [1.29, 1.82) is 0 Å². The zero-order chi connectivity index (χ0) is 39.6. The summed E-state index contributed by atoms with van der Waals surface area (Å²) in [6.07, 6.45) is 5.16. The first-order valence-corrected chi connectivity index (χ1v) is 19.1. The lowest BCUT2D eigenvalue weighted by Gasteiger charge is -2.41. The van der Waals surface area contributed by atoms with Crippen LogP contribution in [0, 0.1) is 45.4 Å². The van der Waals surface area contributed by atoms with E-state index in [9.17, 15) is 9.59 Å². The predicted molar refractivity (Wildman–Crippen MR) is 213 cm³/mol. The number of nitrogens with zero attached hydrogens (tertiary/aromatic N) is 1. The van der Waals surface area contributed by atoms with Gasteiger partial charge in [0.15, 0.2) is 31.9 Å². The number of hydrogen-bond acceptors (Lipinski definition) is 8. The van der Waals surface area contributed by atoms with Gasteiger partial charge in [-0.05, 0) is 83.3 Å². The summed E-state index contributed by atoms with van der Waals surface area (Å²) in [4.78, 5) is 28.5. The van der Waals surface area contributed by atoms with Crippen LogP contribution in [0.25, 0.3) is 0 Å². The van der Waals surface area contributed by atoms with E-state index in [2.05, 4.69) is 108 Å². The Morgan fingerprint density at radius 2 is 1.35 bits per heavy atom. The quantitative estimate of drug-likeness (QED) is 0.187. The number of H-pyrrole nitrogens is 1. The van der Waals surface area contributed by atoms with Crippen LogP contribution < -0.4 is 0 Å². The second-order valence-electron chi connectivity index (χ2n) is 14.3. The van der Waals surface area contributed by atoms with Gasteiger partial charge in [-0.15, -0.1) is 0 Å². The zero-order valence-corrected chi connectivity index (χ0v) is 34.0. The Labute approximate surface area is 323 Å². The van der Waals surface area contributed by atoms with E-state index in [0.717, 1.165) is 36.1 Å². The van der Waals surface area contributed by atoms with Crippen LogP contribution in [0.4, 0.5) is 0 Å². The topological polar surface area (TPSA) is 109 Å². The van der Waals surface area contributed by atoms with Gasteiger partial charge in [0.2, 0.25) is 0 Å². The number of imidazole rings is 1. The van der Waals surface area contributed by atoms with Crippen LogP contribution in [0.2, 0.25) is 0 Å². The van der Waals surface area contributed by atoms with Gasteiger partial charge in [-0.2, -0.15) is 0 Å². The smallest absolute Gasteiger partial charge is 0.189 e. The highest BCUT2D eigenvalue weighted by atomic mass is 16.9. The Morgan fingerprint density at radius 1 is 0.778 bits per heavy atom. The molecule has 4 aromatic rings. The molecule has 0 unspecified atom stereocenters. The van der Waals surface area contributed by atoms with Crippen LogP contribution in [0.1, 0.15) is 105 Å². The number of nitrogens with one attached hydrogen (secondary N) is 1. The molecule has 0 bridgehead atoms. The van der Waals surface area contributed by atoms with Crippen molar-refractivity contribution in [2.24, 2.45) is 17.8 Å². The third-order valence-electron chi connectivity index (χ3n) is 10.1. The van der Waals surface area contributed by atoms with Crippen molar-refractivity contribution in [1.82, 2.24) is 9.97 Å². The van der Waals surface area contributed by atoms with Crippen molar-refractivity contribution in [2.45, 2.75) is 113 Å². The molecule has 294 valence electrons. The average Bonchev–Trinajstić information content (AvgIpc) is 3.55. The standard InChI is InChI=1S/C11H20O2.C10H12O.2C9H10O2.C6H10N2/c1-6-7(2)10(5)13-11(8(6)3)9(4)12;1-9-4-6-10(7-5-9)3-2-8-11;1-7-2-4-8(5-3-7)9-10-6-11-9;1-7-4-2-3-5-8(7)9-10-6-11-9;1-3-6-4-7-5(2)8-6/h6-8,10-11H,1-5H3;4-8H,2-3H2,1H3;2*2-5,9H,6H2,1H3;4H,3H2,1-2H3,(H,7,8)/t6-,7-,8+,10+,11+;;;;/m1..../s1. The van der Waals surface area contributed by atoms with Crippen LogP contribution >= 0.6 is 0 Å². The van der Waals surface area contributed by atoms with Gasteiger partial charge in [0, 0.05) is 29.4 Å². The lowest BCUT2D eigenvalue weighted by Crippen LogP contribution is -2.46. The molecule has 3 saturated heterocycles. The summed E-state index contributed by atoms with van der Waals surface area (Å²) in [5, 5.41) is 0. The number of benzene rings is 3. The molecule has 7 rings (SSSR count). The maximum Gasteiger partial charge on any atom is 0.189 e. The normalized spacial score (nSPS) is 21.8. The van der Waals surface area contributed by atoms with Gasteiger partial charge < -0.3 is 33.5 Å². The summed E-state index contributed by atoms with van der Waals surface area (Å²) in [5.41, 5.74) is 8.43. The van der Waals surface area contributed by atoms with E-state index in [4.69, 9.17) is 23.7 Å². The minimum Gasteiger partial charge on any atom is -0.367 e. The van der Waals surface area contributed by atoms with Gasteiger partial charge in [0.1, 0.15) is 18.2 Å². The largest absolute Gasteiger partial charge is 0.367 e. The highest BCUT2D eigenvalue weighted by Crippen LogP contribution is 2.35. The molecule has 9 nitrogen and oxygen atoms in total. The van der Waals surface area contributed by atoms with Crippen LogP contribution in [0.5, 0.6) is 0 Å². The monoisotopic (exact) mass is 742 g/mol. The molecule has 3 aromatic carbocycles. The molecule has 3 aliphatic rings. The highest BCUT2D eigenvalue weighted by Gasteiger charge is 2.38. The predicted octanol–water partition coefficient (Wildman–Crippen LogP) is 9.67. The number of aldehydes is 1. The number of Topliss-reactive ketones (excluding diaryl/α,β-unsaturated/α-hetero) is 1. The first-order chi connectivity index (χ1) is 25.8. The van der Waals surface area contributed by atoms with Crippen LogP contribution in [-0.2, 0) is 46.1 Å². The molecule has 1 N–H and O–H groups in total. The molecule has 9 heteroatoms. The second kappa shape index (κ2) is 23.0. The maximum atomic E-state index is 11.3. The minimum absolute atomic E-state index is 0.115. The SMILES string of the molecule is CC(=O)[C@H]1O[C@@H](C)[C@H](C)[C@@H](C)[C@@H]1C.CCc1cnc(C)[nH]1.Cc1ccc(C2OCO2)cc1.Cc1ccc(CCC=O)cc1.Cc1ccccc1C1OCO1. The van der Waals surface area contributed by atoms with Crippen molar-refractivity contribution < 1.29 is 33.3 Å². The number of ether oxygens (including phenoxy) is 5. The fourth-order valence-electron chi connectivity index (χ4n) is 5.98. The fraction of sp³-hybridized carbons (Fsp3) is 0.489. The van der Waals surface area contributed by atoms with Gasteiger partial charge in [-0.3, -0.25) is 4.79 Å². The number of ketones is 1. The van der Waals surface area contributed by atoms with E-state index in [1.807, 2.05) is 43.5 Å². The third kappa shape index (κ3) is 14.3. The molecule has 3 aliphatic heterocycles. The van der Waals surface area contributed by atoms with Crippen LogP contribution in [-0.4, -0.2) is 47.8 Å². The lowest BCUT2D eigenvalue weighted by atomic mass is 9.76. The second-order valence-corrected chi connectivity index (χ2v) is 14.3. The van der Waals surface area contributed by atoms with Crippen LogP contribution in [0.15, 0.2) is 79.0 Å². The number of aromatic amines is 1. The van der Waals surface area contributed by atoms with Crippen LogP contribution in [0.3, 0.4) is 0 Å². The first-order valence-electron chi connectivity index (χ1n) is 19.1. The summed E-state index contributed by atoms with van der Waals surface area (Å²) < 4.78 is 26.3. The molecular formula is C45H62N2O7. The summed E-state index contributed by atoms with van der Waals surface area (Å²) in [6, 6.07) is 24.5. The Kier molecular flexibility index (Phi) is 19.0. The van der Waals surface area contributed by atoms with Gasteiger partial charge in [-0.1, -0.05) is 112 Å². The zero-order valence-electron chi connectivity index (χ0n) is 34.0. The first kappa shape index (κ1) is 44.4. The number of hydrogen-bond donors (Lipinski definition) is 1. The molecule has 54 heavy (non-hydrogen) atoms. The van der Waals surface area contributed by atoms with Gasteiger partial charge in [-0.25, -0.2) is 4.98 Å². The Morgan fingerprint density at radius 3 is 1.80 bits per heavy atom. The number of carbonyl (C=O) groups is 2. The van der Waals surface area contributed by atoms with Crippen molar-refractivity contribution in [3.05, 3.63) is 124 Å². The van der Waals surface area contributed by atoms with E-state index < -0.39 is 0 Å². The van der Waals surface area contributed by atoms with E-state index in [0.29, 0.717) is 37.8 Å². The number of aryl methyl sites for hydroxylation is 6. The molecule has 5 atom stereocenters. The lowest BCUT2D eigenvalue weighted by molar-refractivity contribution is -0.327. The Bertz CT molecular complexity index is 1660. The number of carbonyl (C=O) groups excluding carboxylic acids is 2. The number of rotatable bonds is 7. The summed E-state index contributed by atoms with van der Waals surface area (Å²) in [5.74, 6) is 2.63. The van der Waals surface area contributed by atoms with Crippen molar-refractivity contribution >= 4 is 12.1 Å².